The van der Waals surface area contributed by atoms with Crippen LogP contribution < -0.4 is 0 Å². The standard InChI is InChI=1S/C31H42O6S/c1-20-7-10-22(11-8-20)38-17-5-6-28(34)37-25-18-36-29(35)23(25)12-13-24-21(2)9-14-26-30(24,3)16-15-27(33)31(26,4)19-32/h7-8,10-12,24-27,32-33H,2,5-6,9,13-19H2,1,3-4H3/b23-12+/t24-,25-,26+,27-,30+,31+/m1/s1. The van der Waals surface area contributed by atoms with Crippen LogP contribution in [0.2, 0.25) is 0 Å². The van der Waals surface area contributed by atoms with E-state index in [1.807, 2.05) is 13.0 Å². The summed E-state index contributed by atoms with van der Waals surface area (Å²) >= 11 is 1.71. The van der Waals surface area contributed by atoms with Gasteiger partial charge in [0.15, 0.2) is 6.10 Å². The molecule has 0 amide bonds. The molecular weight excluding hydrogens is 500 g/mol. The molecule has 0 aromatic heterocycles. The molecule has 7 heteroatoms. The molecule has 1 aromatic rings. The molecule has 0 spiro atoms. The monoisotopic (exact) mass is 542 g/mol. The van der Waals surface area contributed by atoms with Gasteiger partial charge in [0.05, 0.1) is 18.3 Å². The number of fused-ring (bicyclic) bond motifs is 1. The van der Waals surface area contributed by atoms with E-state index in [9.17, 15) is 19.8 Å². The molecule has 1 aliphatic heterocycles. The van der Waals surface area contributed by atoms with Gasteiger partial charge in [0.25, 0.3) is 0 Å². The number of rotatable bonds is 9. The van der Waals surface area contributed by atoms with E-state index in [-0.39, 0.29) is 42.9 Å². The number of aryl methyl sites for hydroxylation is 1. The van der Waals surface area contributed by atoms with E-state index in [0.29, 0.717) is 24.8 Å². The Morgan fingerprint density at radius 2 is 2.00 bits per heavy atom. The first-order valence-corrected chi connectivity index (χ1v) is 14.8. The Balaban J connectivity index is 1.36. The van der Waals surface area contributed by atoms with Crippen molar-refractivity contribution in [1.82, 2.24) is 0 Å². The molecule has 4 rings (SSSR count). The maximum absolute atomic E-state index is 12.6. The predicted molar refractivity (Wildman–Crippen MR) is 149 cm³/mol. The summed E-state index contributed by atoms with van der Waals surface area (Å²) in [5.41, 5.74) is 2.07. The number of carbonyl (C=O) groups is 2. The summed E-state index contributed by atoms with van der Waals surface area (Å²) in [5, 5.41) is 21.0. The lowest BCUT2D eigenvalue weighted by molar-refractivity contribution is -0.151. The Bertz CT molecular complexity index is 1060. The van der Waals surface area contributed by atoms with Crippen LogP contribution in [0.1, 0.15) is 64.4 Å². The van der Waals surface area contributed by atoms with Gasteiger partial charge in [-0.2, -0.15) is 0 Å². The Kier molecular flexibility index (Phi) is 9.11. The van der Waals surface area contributed by atoms with Gasteiger partial charge in [-0.25, -0.2) is 4.79 Å². The minimum absolute atomic E-state index is 0.0504. The van der Waals surface area contributed by atoms with Crippen molar-refractivity contribution in [3.05, 3.63) is 53.6 Å². The molecule has 0 bridgehead atoms. The number of cyclic esters (lactones) is 1. The van der Waals surface area contributed by atoms with E-state index in [2.05, 4.69) is 44.7 Å². The summed E-state index contributed by atoms with van der Waals surface area (Å²) in [4.78, 5) is 26.3. The van der Waals surface area contributed by atoms with Crippen LogP contribution in [-0.2, 0) is 19.1 Å². The molecule has 38 heavy (non-hydrogen) atoms. The number of allylic oxidation sites excluding steroid dienone is 2. The molecule has 2 saturated carbocycles. The number of esters is 2. The van der Waals surface area contributed by atoms with Crippen molar-refractivity contribution < 1.29 is 29.3 Å². The number of hydrogen-bond donors (Lipinski definition) is 2. The van der Waals surface area contributed by atoms with Gasteiger partial charge in [-0.15, -0.1) is 11.8 Å². The van der Waals surface area contributed by atoms with Crippen LogP contribution in [0.15, 0.2) is 53.0 Å². The third-order valence-electron chi connectivity index (χ3n) is 9.30. The first-order valence-electron chi connectivity index (χ1n) is 13.8. The number of aliphatic hydroxyl groups is 2. The van der Waals surface area contributed by atoms with E-state index >= 15 is 0 Å². The van der Waals surface area contributed by atoms with E-state index in [4.69, 9.17) is 9.47 Å². The van der Waals surface area contributed by atoms with Gasteiger partial charge in [0, 0.05) is 16.7 Å². The first-order chi connectivity index (χ1) is 18.1. The highest BCUT2D eigenvalue weighted by molar-refractivity contribution is 7.99. The fourth-order valence-corrected chi connectivity index (χ4v) is 7.76. The highest BCUT2D eigenvalue weighted by Gasteiger charge is 2.57. The number of carbonyl (C=O) groups excluding carboxylic acids is 2. The van der Waals surface area contributed by atoms with Gasteiger partial charge >= 0.3 is 11.9 Å². The Morgan fingerprint density at radius 3 is 2.71 bits per heavy atom. The quantitative estimate of drug-likeness (QED) is 0.142. The molecule has 6 atom stereocenters. The van der Waals surface area contributed by atoms with Crippen LogP contribution in [0, 0.1) is 29.6 Å². The molecule has 3 fully saturated rings. The molecule has 208 valence electrons. The molecular formula is C31H42O6S. The smallest absolute Gasteiger partial charge is 0.337 e. The minimum Gasteiger partial charge on any atom is -0.458 e. The maximum atomic E-state index is 12.6. The Labute approximate surface area is 230 Å². The van der Waals surface area contributed by atoms with Gasteiger partial charge in [0.1, 0.15) is 6.61 Å². The van der Waals surface area contributed by atoms with Crippen LogP contribution >= 0.6 is 11.8 Å². The van der Waals surface area contributed by atoms with E-state index in [1.165, 1.54) is 10.5 Å². The summed E-state index contributed by atoms with van der Waals surface area (Å²) < 4.78 is 10.9. The average Bonchev–Trinajstić information content (AvgIpc) is 3.23. The Morgan fingerprint density at radius 1 is 1.26 bits per heavy atom. The van der Waals surface area contributed by atoms with Crippen molar-refractivity contribution in [1.29, 1.82) is 0 Å². The molecule has 3 aliphatic rings. The average molecular weight is 543 g/mol. The SMILES string of the molecule is C=C1CC[C@@H]2[C@](C)(CO)[C@H](O)CC[C@@]2(C)[C@@H]1C/C=C1/C(=O)OC[C@H]1OC(=O)CCCSc1ccc(C)cc1. The van der Waals surface area contributed by atoms with E-state index in [1.54, 1.807) is 11.8 Å². The summed E-state index contributed by atoms with van der Waals surface area (Å²) in [7, 11) is 0. The van der Waals surface area contributed by atoms with Crippen molar-refractivity contribution in [2.75, 3.05) is 19.0 Å². The Hall–Kier alpha value is -2.09. The van der Waals surface area contributed by atoms with Crippen LogP contribution in [-0.4, -0.2) is 53.3 Å². The molecule has 1 heterocycles. The number of hydrogen-bond acceptors (Lipinski definition) is 7. The van der Waals surface area contributed by atoms with Crippen LogP contribution in [0.4, 0.5) is 0 Å². The zero-order valence-electron chi connectivity index (χ0n) is 22.9. The summed E-state index contributed by atoms with van der Waals surface area (Å²) in [6, 6.07) is 8.32. The molecule has 6 nitrogen and oxygen atoms in total. The molecule has 1 aromatic carbocycles. The predicted octanol–water partition coefficient (Wildman–Crippen LogP) is 5.39. The van der Waals surface area contributed by atoms with E-state index in [0.717, 1.165) is 30.6 Å². The van der Waals surface area contributed by atoms with Crippen molar-refractivity contribution in [2.45, 2.75) is 82.8 Å². The zero-order chi connectivity index (χ0) is 27.5. The fraction of sp³-hybridized carbons (Fsp3) is 0.613. The first kappa shape index (κ1) is 28.9. The third kappa shape index (κ3) is 5.90. The lowest BCUT2D eigenvalue weighted by atomic mass is 9.46. The topological polar surface area (TPSA) is 93.1 Å². The summed E-state index contributed by atoms with van der Waals surface area (Å²) in [5.74, 6) is 0.319. The van der Waals surface area contributed by atoms with Gasteiger partial charge in [-0.3, -0.25) is 4.79 Å². The van der Waals surface area contributed by atoms with Crippen LogP contribution in [0.25, 0.3) is 0 Å². The number of thioether (sulfide) groups is 1. The normalized spacial score (nSPS) is 34.2. The lowest BCUT2D eigenvalue weighted by Gasteiger charge is -2.59. The molecule has 0 unspecified atom stereocenters. The second-order valence-corrected chi connectivity index (χ2v) is 12.9. The van der Waals surface area contributed by atoms with Crippen LogP contribution in [0.5, 0.6) is 0 Å². The second-order valence-electron chi connectivity index (χ2n) is 11.8. The fourth-order valence-electron chi connectivity index (χ4n) is 6.91. The van der Waals surface area contributed by atoms with Crippen molar-refractivity contribution in [2.24, 2.45) is 22.7 Å². The van der Waals surface area contributed by atoms with Crippen molar-refractivity contribution in [3.63, 3.8) is 0 Å². The largest absolute Gasteiger partial charge is 0.458 e. The van der Waals surface area contributed by atoms with E-state index < -0.39 is 23.6 Å². The van der Waals surface area contributed by atoms with Crippen molar-refractivity contribution in [3.8, 4) is 0 Å². The minimum atomic E-state index is -0.684. The highest BCUT2D eigenvalue weighted by atomic mass is 32.2. The molecule has 2 N–H and O–H groups in total. The van der Waals surface area contributed by atoms with Gasteiger partial charge in [-0.05, 0) is 80.6 Å². The third-order valence-corrected chi connectivity index (χ3v) is 10.4. The molecule has 1 saturated heterocycles. The van der Waals surface area contributed by atoms with Crippen LogP contribution in [0.3, 0.4) is 0 Å². The molecule has 2 aliphatic carbocycles. The second kappa shape index (κ2) is 12.0. The zero-order valence-corrected chi connectivity index (χ0v) is 23.7. The molecule has 0 radical (unpaired) electrons. The van der Waals surface area contributed by atoms with Gasteiger partial charge in [-0.1, -0.05) is 49.8 Å². The number of aliphatic hydroxyl groups excluding tert-OH is 2. The maximum Gasteiger partial charge on any atom is 0.337 e. The highest BCUT2D eigenvalue weighted by Crippen LogP contribution is 2.61. The summed E-state index contributed by atoms with van der Waals surface area (Å²) in [6.07, 6.45) is 5.43. The number of benzene rings is 1. The summed E-state index contributed by atoms with van der Waals surface area (Å²) in [6.45, 7) is 10.7. The lowest BCUT2D eigenvalue weighted by Crippen LogP contribution is -2.57. The van der Waals surface area contributed by atoms with Gasteiger partial charge in [0.2, 0.25) is 0 Å². The van der Waals surface area contributed by atoms with Crippen molar-refractivity contribution >= 4 is 23.7 Å². The van der Waals surface area contributed by atoms with Gasteiger partial charge < -0.3 is 19.7 Å². The number of ether oxygens (including phenoxy) is 2.